The van der Waals surface area contributed by atoms with Crippen LogP contribution in [0, 0.1) is 0 Å². The molecule has 0 unspecified atom stereocenters. The van der Waals surface area contributed by atoms with Gasteiger partial charge in [0.1, 0.15) is 0 Å². The van der Waals surface area contributed by atoms with E-state index in [1.54, 1.807) is 18.5 Å². The van der Waals surface area contributed by atoms with Crippen LogP contribution in [-0.2, 0) is 16.6 Å². The SMILES string of the molecule is O=S(=O)(NCc1cc[nH]c1)c1ccc2c(c1)OCO2. The molecule has 1 aliphatic rings. The largest absolute Gasteiger partial charge is 0.454 e. The first-order valence-corrected chi connectivity index (χ1v) is 7.14. The van der Waals surface area contributed by atoms with Crippen LogP contribution in [0.15, 0.2) is 41.6 Å². The van der Waals surface area contributed by atoms with Gasteiger partial charge in [0.2, 0.25) is 16.8 Å². The zero-order valence-electron chi connectivity index (χ0n) is 9.92. The minimum Gasteiger partial charge on any atom is -0.454 e. The molecule has 2 aromatic rings. The number of benzene rings is 1. The smallest absolute Gasteiger partial charge is 0.241 e. The molecule has 0 atom stereocenters. The van der Waals surface area contributed by atoms with E-state index in [1.165, 1.54) is 12.1 Å². The number of aromatic amines is 1. The second-order valence-electron chi connectivity index (χ2n) is 4.06. The van der Waals surface area contributed by atoms with Crippen molar-refractivity contribution in [2.75, 3.05) is 6.79 Å². The summed E-state index contributed by atoms with van der Waals surface area (Å²) in [6.45, 7) is 0.357. The molecule has 0 fully saturated rings. The van der Waals surface area contributed by atoms with Crippen LogP contribution in [0.4, 0.5) is 0 Å². The van der Waals surface area contributed by atoms with E-state index in [0.717, 1.165) is 5.56 Å². The molecule has 0 saturated carbocycles. The minimum atomic E-state index is -3.56. The van der Waals surface area contributed by atoms with Gasteiger partial charge in [-0.3, -0.25) is 0 Å². The van der Waals surface area contributed by atoms with Gasteiger partial charge in [0.25, 0.3) is 0 Å². The highest BCUT2D eigenvalue weighted by atomic mass is 32.2. The maximum atomic E-state index is 12.1. The molecule has 0 bridgehead atoms. The Kier molecular flexibility index (Phi) is 2.92. The van der Waals surface area contributed by atoms with Crippen molar-refractivity contribution in [3.63, 3.8) is 0 Å². The molecule has 3 rings (SSSR count). The Hall–Kier alpha value is -1.99. The third-order valence-electron chi connectivity index (χ3n) is 2.78. The fraction of sp³-hybridized carbons (Fsp3) is 0.167. The van der Waals surface area contributed by atoms with Gasteiger partial charge in [-0.1, -0.05) is 0 Å². The maximum Gasteiger partial charge on any atom is 0.241 e. The standard InChI is InChI=1S/C12H12N2O4S/c15-19(16,14-7-9-3-4-13-6-9)10-1-2-11-12(5-10)18-8-17-11/h1-6,13-14H,7-8H2. The van der Waals surface area contributed by atoms with Gasteiger partial charge in [-0.15, -0.1) is 0 Å². The predicted octanol–water partition coefficient (Wildman–Crippen LogP) is 1.22. The number of ether oxygens (including phenoxy) is 2. The fourth-order valence-corrected chi connectivity index (χ4v) is 2.81. The van der Waals surface area contributed by atoms with E-state index < -0.39 is 10.0 Å². The van der Waals surface area contributed by atoms with E-state index in [1.807, 2.05) is 6.07 Å². The molecule has 1 aliphatic heterocycles. The van der Waals surface area contributed by atoms with Crippen molar-refractivity contribution < 1.29 is 17.9 Å². The van der Waals surface area contributed by atoms with Gasteiger partial charge < -0.3 is 14.5 Å². The van der Waals surface area contributed by atoms with Crippen molar-refractivity contribution in [1.29, 1.82) is 0 Å². The van der Waals surface area contributed by atoms with Crippen molar-refractivity contribution in [2.45, 2.75) is 11.4 Å². The van der Waals surface area contributed by atoms with Crippen molar-refractivity contribution >= 4 is 10.0 Å². The molecule has 0 aliphatic carbocycles. The van der Waals surface area contributed by atoms with Crippen LogP contribution >= 0.6 is 0 Å². The Morgan fingerprint density at radius 3 is 2.84 bits per heavy atom. The van der Waals surface area contributed by atoms with E-state index in [0.29, 0.717) is 11.5 Å². The van der Waals surface area contributed by atoms with Crippen LogP contribution in [0.25, 0.3) is 0 Å². The number of rotatable bonds is 4. The molecule has 0 spiro atoms. The van der Waals surface area contributed by atoms with Crippen LogP contribution in [-0.4, -0.2) is 20.2 Å². The van der Waals surface area contributed by atoms with E-state index in [9.17, 15) is 8.42 Å². The number of nitrogens with one attached hydrogen (secondary N) is 2. The van der Waals surface area contributed by atoms with E-state index in [-0.39, 0.29) is 18.2 Å². The van der Waals surface area contributed by atoms with E-state index in [2.05, 4.69) is 9.71 Å². The molecule has 0 radical (unpaired) electrons. The minimum absolute atomic E-state index is 0.121. The summed E-state index contributed by atoms with van der Waals surface area (Å²) in [6.07, 6.45) is 3.48. The number of sulfonamides is 1. The highest BCUT2D eigenvalue weighted by molar-refractivity contribution is 7.89. The Morgan fingerprint density at radius 2 is 2.05 bits per heavy atom. The molecule has 1 aromatic heterocycles. The van der Waals surface area contributed by atoms with Gasteiger partial charge in [0.05, 0.1) is 4.90 Å². The predicted molar refractivity (Wildman–Crippen MR) is 67.4 cm³/mol. The maximum absolute atomic E-state index is 12.1. The molecule has 2 N–H and O–H groups in total. The second-order valence-corrected chi connectivity index (χ2v) is 5.83. The fourth-order valence-electron chi connectivity index (χ4n) is 1.77. The number of fused-ring (bicyclic) bond motifs is 1. The molecule has 0 saturated heterocycles. The monoisotopic (exact) mass is 280 g/mol. The second kappa shape index (κ2) is 4.60. The lowest BCUT2D eigenvalue weighted by Crippen LogP contribution is -2.22. The van der Waals surface area contributed by atoms with E-state index >= 15 is 0 Å². The Morgan fingerprint density at radius 1 is 1.21 bits per heavy atom. The molecule has 0 amide bonds. The van der Waals surface area contributed by atoms with Gasteiger partial charge in [-0.2, -0.15) is 0 Å². The highest BCUT2D eigenvalue weighted by Gasteiger charge is 2.19. The summed E-state index contributed by atoms with van der Waals surface area (Å²) >= 11 is 0. The first-order chi connectivity index (χ1) is 9.15. The molecule has 1 aromatic carbocycles. The van der Waals surface area contributed by atoms with Crippen LogP contribution in [0.3, 0.4) is 0 Å². The number of aromatic nitrogens is 1. The molecule has 7 heteroatoms. The lowest BCUT2D eigenvalue weighted by Gasteiger charge is -2.06. The molecular weight excluding hydrogens is 268 g/mol. The van der Waals surface area contributed by atoms with Crippen LogP contribution in [0.2, 0.25) is 0 Å². The number of hydrogen-bond donors (Lipinski definition) is 2. The first-order valence-electron chi connectivity index (χ1n) is 5.66. The lowest BCUT2D eigenvalue weighted by atomic mass is 10.3. The normalized spacial score (nSPS) is 13.7. The van der Waals surface area contributed by atoms with Crippen LogP contribution in [0.5, 0.6) is 11.5 Å². The zero-order valence-corrected chi connectivity index (χ0v) is 10.7. The zero-order chi connectivity index (χ0) is 13.3. The third-order valence-corrected chi connectivity index (χ3v) is 4.18. The third kappa shape index (κ3) is 2.42. The van der Waals surface area contributed by atoms with Crippen molar-refractivity contribution in [3.05, 3.63) is 42.2 Å². The van der Waals surface area contributed by atoms with Crippen LogP contribution < -0.4 is 14.2 Å². The summed E-state index contributed by atoms with van der Waals surface area (Å²) < 4.78 is 37.1. The quantitative estimate of drug-likeness (QED) is 0.882. The van der Waals surface area contributed by atoms with Gasteiger partial charge in [0, 0.05) is 25.0 Å². The highest BCUT2D eigenvalue weighted by Crippen LogP contribution is 2.33. The summed E-state index contributed by atoms with van der Waals surface area (Å²) in [4.78, 5) is 3.03. The summed E-state index contributed by atoms with van der Waals surface area (Å²) in [5.41, 5.74) is 0.865. The van der Waals surface area contributed by atoms with Crippen molar-refractivity contribution in [1.82, 2.24) is 9.71 Å². The topological polar surface area (TPSA) is 80.4 Å². The van der Waals surface area contributed by atoms with Gasteiger partial charge >= 0.3 is 0 Å². The molecule has 19 heavy (non-hydrogen) atoms. The summed E-state index contributed by atoms with van der Waals surface area (Å²) in [6, 6.07) is 6.35. The van der Waals surface area contributed by atoms with E-state index in [4.69, 9.17) is 9.47 Å². The Balaban J connectivity index is 1.80. The van der Waals surface area contributed by atoms with Gasteiger partial charge in [0.15, 0.2) is 11.5 Å². The van der Waals surface area contributed by atoms with Crippen molar-refractivity contribution in [2.24, 2.45) is 0 Å². The molecule has 2 heterocycles. The van der Waals surface area contributed by atoms with Gasteiger partial charge in [-0.25, -0.2) is 13.1 Å². The average Bonchev–Trinajstić information content (AvgIpc) is 3.06. The summed E-state index contributed by atoms with van der Waals surface area (Å²) in [5, 5.41) is 0. The first kappa shape index (κ1) is 12.1. The lowest BCUT2D eigenvalue weighted by molar-refractivity contribution is 0.174. The Bertz CT molecular complexity index is 680. The molecule has 6 nitrogen and oxygen atoms in total. The summed E-state index contributed by atoms with van der Waals surface area (Å²) in [5.74, 6) is 1.01. The molecular formula is C12H12N2O4S. The summed E-state index contributed by atoms with van der Waals surface area (Å²) in [7, 11) is -3.56. The Labute approximate surface area is 110 Å². The van der Waals surface area contributed by atoms with Crippen molar-refractivity contribution in [3.8, 4) is 11.5 Å². The van der Waals surface area contributed by atoms with Crippen LogP contribution in [0.1, 0.15) is 5.56 Å². The number of H-pyrrole nitrogens is 1. The van der Waals surface area contributed by atoms with Gasteiger partial charge in [-0.05, 0) is 23.8 Å². The molecule has 100 valence electrons. The number of hydrogen-bond acceptors (Lipinski definition) is 4. The average molecular weight is 280 g/mol.